The summed E-state index contributed by atoms with van der Waals surface area (Å²) in [6, 6.07) is 84.6. The zero-order valence-electron chi connectivity index (χ0n) is 39.6. The highest BCUT2D eigenvalue weighted by Gasteiger charge is 2.57. The average molecular weight is 975 g/mol. The lowest BCUT2D eigenvalue weighted by Gasteiger charge is -2.37. The smallest absolute Gasteiger partial charge is 0.160 e. The van der Waals surface area contributed by atoms with E-state index < -0.39 is 5.41 Å². The lowest BCUT2D eigenvalue weighted by molar-refractivity contribution is 0.439. The van der Waals surface area contributed by atoms with Gasteiger partial charge >= 0.3 is 0 Å². The van der Waals surface area contributed by atoms with E-state index in [2.05, 4.69) is 231 Å². The molecule has 0 saturated carbocycles. The highest BCUT2D eigenvalue weighted by Crippen LogP contribution is 2.70. The zero-order chi connectivity index (χ0) is 48.2. The first-order valence-corrected chi connectivity index (χ1v) is 26.8. The van der Waals surface area contributed by atoms with E-state index >= 15 is 0 Å². The second kappa shape index (κ2) is 15.0. The molecule has 0 amide bonds. The minimum absolute atomic E-state index is 0.530. The molecule has 3 nitrogen and oxygen atoms in total. The third-order valence-corrected chi connectivity index (χ3v) is 18.5. The van der Waals surface area contributed by atoms with E-state index in [1.807, 2.05) is 22.7 Å². The maximum Gasteiger partial charge on any atom is 0.160 e. The molecule has 11 aromatic carbocycles. The first kappa shape index (κ1) is 40.6. The van der Waals surface area contributed by atoms with Gasteiger partial charge in [0.1, 0.15) is 11.5 Å². The van der Waals surface area contributed by atoms with Crippen LogP contribution in [0.5, 0.6) is 11.5 Å². The molecule has 3 aliphatic rings. The summed E-state index contributed by atoms with van der Waals surface area (Å²) in [6.07, 6.45) is 0. The quantitative estimate of drug-likeness (QED) is 0.172. The number of para-hydroxylation sites is 1. The van der Waals surface area contributed by atoms with Crippen LogP contribution >= 0.6 is 22.7 Å². The maximum atomic E-state index is 6.83. The minimum atomic E-state index is -0.530. The van der Waals surface area contributed by atoms with Crippen molar-refractivity contribution in [1.29, 1.82) is 0 Å². The van der Waals surface area contributed by atoms with Crippen molar-refractivity contribution < 1.29 is 4.74 Å². The van der Waals surface area contributed by atoms with Crippen molar-refractivity contribution in [2.45, 2.75) is 5.41 Å². The molecule has 2 aliphatic carbocycles. The van der Waals surface area contributed by atoms with E-state index in [4.69, 9.17) is 14.7 Å². The van der Waals surface area contributed by atoms with Crippen molar-refractivity contribution in [3.8, 4) is 89.9 Å². The molecule has 3 aromatic heterocycles. The minimum Gasteiger partial charge on any atom is -0.457 e. The number of benzene rings is 11. The molecule has 14 aromatic rings. The van der Waals surface area contributed by atoms with E-state index in [1.54, 1.807) is 0 Å². The summed E-state index contributed by atoms with van der Waals surface area (Å²) in [7, 11) is 0. The lowest BCUT2D eigenvalue weighted by atomic mass is 9.68. The van der Waals surface area contributed by atoms with Gasteiger partial charge in [0.05, 0.1) is 16.8 Å². The second-order valence-corrected chi connectivity index (χ2v) is 22.0. The highest BCUT2D eigenvalue weighted by molar-refractivity contribution is 7.26. The molecular formula is C69H38N2OS2. The van der Waals surface area contributed by atoms with E-state index in [0.717, 1.165) is 50.7 Å². The molecule has 1 atom stereocenters. The third kappa shape index (κ3) is 5.54. The Bertz CT molecular complexity index is 4640. The van der Waals surface area contributed by atoms with E-state index in [0.29, 0.717) is 5.82 Å². The molecular weight excluding hydrogens is 937 g/mol. The van der Waals surface area contributed by atoms with Crippen LogP contribution < -0.4 is 4.74 Å². The van der Waals surface area contributed by atoms with Crippen LogP contribution in [0.25, 0.3) is 130 Å². The largest absolute Gasteiger partial charge is 0.457 e. The number of ether oxygens (including phenoxy) is 1. The Labute approximate surface area is 433 Å². The summed E-state index contributed by atoms with van der Waals surface area (Å²) in [5.41, 5.74) is 19.4. The Hall–Kier alpha value is -9.00. The van der Waals surface area contributed by atoms with Crippen molar-refractivity contribution in [2.24, 2.45) is 0 Å². The maximum absolute atomic E-state index is 6.83. The fourth-order valence-corrected chi connectivity index (χ4v) is 15.3. The van der Waals surface area contributed by atoms with E-state index in [9.17, 15) is 0 Å². The van der Waals surface area contributed by atoms with Crippen LogP contribution in [0.15, 0.2) is 231 Å². The normalized spacial score (nSPS) is 14.6. The summed E-state index contributed by atoms with van der Waals surface area (Å²) in [6.45, 7) is 0. The fraction of sp³-hybridized carbons (Fsp3) is 0.0145. The van der Waals surface area contributed by atoms with Crippen LogP contribution in [-0.2, 0) is 5.41 Å². The Kier molecular flexibility index (Phi) is 8.24. The van der Waals surface area contributed by atoms with Crippen LogP contribution in [0.1, 0.15) is 22.3 Å². The van der Waals surface area contributed by atoms with Gasteiger partial charge in [0.15, 0.2) is 5.82 Å². The third-order valence-electron chi connectivity index (χ3n) is 16.1. The number of aromatic nitrogens is 2. The molecule has 0 N–H and O–H groups in total. The fourth-order valence-electron chi connectivity index (χ4n) is 12.9. The van der Waals surface area contributed by atoms with Crippen LogP contribution in [0.3, 0.4) is 0 Å². The van der Waals surface area contributed by atoms with Gasteiger partial charge in [0.2, 0.25) is 0 Å². The SMILES string of the molecule is c1ccc2c(c1)Oc1cccc3c1C21c2cc(-c4ccc(-c5nc(-c6cccc7c6sc6ccccc67)cc(-c6cccc7c6sc6ccccc67)n5)cc4)ccc2-c2cc(-c4ccc5ccccc5c4)cc-3c21. The Morgan fingerprint density at radius 1 is 0.324 bits per heavy atom. The molecule has 1 unspecified atom stereocenters. The van der Waals surface area contributed by atoms with Crippen molar-refractivity contribution >= 4 is 73.8 Å². The predicted molar refractivity (Wildman–Crippen MR) is 309 cm³/mol. The number of thiophene rings is 2. The molecule has 5 heteroatoms. The van der Waals surface area contributed by atoms with Crippen molar-refractivity contribution in [1.82, 2.24) is 9.97 Å². The zero-order valence-corrected chi connectivity index (χ0v) is 41.2. The van der Waals surface area contributed by atoms with Crippen LogP contribution in [0.2, 0.25) is 0 Å². The molecule has 1 spiro atoms. The lowest BCUT2D eigenvalue weighted by Crippen LogP contribution is -2.29. The van der Waals surface area contributed by atoms with Gasteiger partial charge in [-0.1, -0.05) is 176 Å². The molecule has 17 rings (SSSR count). The summed E-state index contributed by atoms with van der Waals surface area (Å²) in [4.78, 5) is 10.9. The van der Waals surface area contributed by atoms with E-state index in [1.165, 1.54) is 107 Å². The van der Waals surface area contributed by atoms with Crippen molar-refractivity contribution in [3.63, 3.8) is 0 Å². The monoisotopic (exact) mass is 974 g/mol. The Morgan fingerprint density at radius 2 is 0.878 bits per heavy atom. The van der Waals surface area contributed by atoms with Gasteiger partial charge in [-0.05, 0) is 121 Å². The molecule has 4 heterocycles. The number of rotatable bonds is 5. The van der Waals surface area contributed by atoms with Crippen molar-refractivity contribution in [2.75, 3.05) is 0 Å². The first-order chi connectivity index (χ1) is 36.6. The van der Waals surface area contributed by atoms with Crippen LogP contribution in [0, 0.1) is 0 Å². The average Bonchev–Trinajstić information content (AvgIpc) is 4.39. The number of hydrogen-bond acceptors (Lipinski definition) is 5. The summed E-state index contributed by atoms with van der Waals surface area (Å²) < 4.78 is 11.8. The summed E-state index contributed by atoms with van der Waals surface area (Å²) in [5, 5.41) is 7.53. The molecule has 1 aliphatic heterocycles. The summed E-state index contributed by atoms with van der Waals surface area (Å²) >= 11 is 3.67. The number of hydrogen-bond donors (Lipinski definition) is 0. The van der Waals surface area contributed by atoms with Gasteiger partial charge in [-0.2, -0.15) is 0 Å². The second-order valence-electron chi connectivity index (χ2n) is 19.9. The molecule has 342 valence electrons. The van der Waals surface area contributed by atoms with Gasteiger partial charge in [-0.15, -0.1) is 22.7 Å². The topological polar surface area (TPSA) is 35.0 Å². The van der Waals surface area contributed by atoms with Crippen LogP contribution in [0.4, 0.5) is 0 Å². The Morgan fingerprint density at radius 3 is 1.62 bits per heavy atom. The summed E-state index contributed by atoms with van der Waals surface area (Å²) in [5.74, 6) is 2.53. The predicted octanol–water partition coefficient (Wildman–Crippen LogP) is 19.1. The van der Waals surface area contributed by atoms with Crippen molar-refractivity contribution in [3.05, 3.63) is 253 Å². The standard InChI is InChI=1S/C69H38N2OS2/c1-2-13-42-34-43(31-28-39(42)12-1)45-35-54-46-33-32-44(37-57(46)69-56-21-5-6-22-60(56)72-61-23-11-16-49(65(61)69)55(36-45)64(54)69)40-26-29-41(30-27-40)68-70-58(52-19-9-17-50-47-14-3-7-24-62(47)73-66(50)52)38-59(71-68)53-20-10-18-51-48-15-4-8-25-63(48)74-67(51)53/h1-38H. The molecule has 0 saturated heterocycles. The Balaban J connectivity index is 0.834. The number of fused-ring (bicyclic) bond motifs is 11. The molecule has 0 fully saturated rings. The van der Waals surface area contributed by atoms with Gasteiger partial charge in [-0.25, -0.2) is 9.97 Å². The van der Waals surface area contributed by atoms with E-state index in [-0.39, 0.29) is 0 Å². The number of nitrogens with zero attached hydrogens (tertiary/aromatic N) is 2. The van der Waals surface area contributed by atoms with Crippen LogP contribution in [-0.4, -0.2) is 9.97 Å². The first-order valence-electron chi connectivity index (χ1n) is 25.2. The van der Waals surface area contributed by atoms with Gasteiger partial charge < -0.3 is 4.74 Å². The molecule has 0 radical (unpaired) electrons. The molecule has 0 bridgehead atoms. The molecule has 74 heavy (non-hydrogen) atoms. The van der Waals surface area contributed by atoms with Gasteiger partial charge in [-0.3, -0.25) is 0 Å². The highest BCUT2D eigenvalue weighted by atomic mass is 32.1. The van der Waals surface area contributed by atoms with Gasteiger partial charge in [0, 0.05) is 68.2 Å². The van der Waals surface area contributed by atoms with Gasteiger partial charge in [0.25, 0.3) is 0 Å².